The predicted octanol–water partition coefficient (Wildman–Crippen LogP) is 4.39. The summed E-state index contributed by atoms with van der Waals surface area (Å²) < 4.78 is 6.05. The van der Waals surface area contributed by atoms with Gasteiger partial charge in [-0.05, 0) is 44.6 Å². The molecule has 0 aromatic rings. The number of hydrogen-bond acceptors (Lipinski definition) is 2. The van der Waals surface area contributed by atoms with E-state index in [9.17, 15) is 4.79 Å². The van der Waals surface area contributed by atoms with E-state index in [1.807, 2.05) is 6.08 Å². The molecule has 2 aliphatic rings. The van der Waals surface area contributed by atoms with E-state index in [1.165, 1.54) is 0 Å². The number of ether oxygens (including phenoxy) is 1. The van der Waals surface area contributed by atoms with Gasteiger partial charge >= 0.3 is 0 Å². The van der Waals surface area contributed by atoms with Gasteiger partial charge in [-0.2, -0.15) is 0 Å². The molecule has 0 aromatic heterocycles. The molecule has 2 fully saturated rings. The van der Waals surface area contributed by atoms with Gasteiger partial charge in [0.2, 0.25) is 5.78 Å². The molecule has 1 saturated carbocycles. The highest BCUT2D eigenvalue weighted by Crippen LogP contribution is 2.47. The summed E-state index contributed by atoms with van der Waals surface area (Å²) in [5, 5.41) is 0. The summed E-state index contributed by atoms with van der Waals surface area (Å²) in [6, 6.07) is 0. The summed E-state index contributed by atoms with van der Waals surface area (Å²) in [4.78, 5) is 12.4. The largest absolute Gasteiger partial charge is 0.470 e. The van der Waals surface area contributed by atoms with Crippen LogP contribution in [0.4, 0.5) is 0 Å². The van der Waals surface area contributed by atoms with Crippen LogP contribution in [0.25, 0.3) is 0 Å². The minimum absolute atomic E-state index is 0.00972. The van der Waals surface area contributed by atoms with Crippen molar-refractivity contribution in [1.29, 1.82) is 0 Å². The van der Waals surface area contributed by atoms with Crippen molar-refractivity contribution in [2.24, 2.45) is 5.92 Å². The smallest absolute Gasteiger partial charge is 0.205 e. The average molecular weight is 274 g/mol. The van der Waals surface area contributed by atoms with Crippen LogP contribution in [-0.4, -0.2) is 11.4 Å². The Hall–Kier alpha value is -1.23. The SMILES string of the molecule is CCCCC#C[C@@]12CCC[C@@H]1C(=O)/C(=C/CCCC)O2. The molecule has 2 atom stereocenters. The van der Waals surface area contributed by atoms with Crippen molar-refractivity contribution in [3.63, 3.8) is 0 Å². The first-order valence-corrected chi connectivity index (χ1v) is 8.17. The highest BCUT2D eigenvalue weighted by Gasteiger charge is 2.54. The van der Waals surface area contributed by atoms with Crippen LogP contribution in [0.2, 0.25) is 0 Å². The van der Waals surface area contributed by atoms with E-state index in [-0.39, 0.29) is 11.7 Å². The second kappa shape index (κ2) is 6.97. The van der Waals surface area contributed by atoms with Gasteiger partial charge in [-0.25, -0.2) is 0 Å². The van der Waals surface area contributed by atoms with Crippen molar-refractivity contribution in [2.75, 3.05) is 0 Å². The predicted molar refractivity (Wildman–Crippen MR) is 81.1 cm³/mol. The minimum Gasteiger partial charge on any atom is -0.470 e. The number of carbonyl (C=O) groups is 1. The lowest BCUT2D eigenvalue weighted by molar-refractivity contribution is -0.118. The van der Waals surface area contributed by atoms with Crippen molar-refractivity contribution >= 4 is 5.78 Å². The molecule has 1 aliphatic carbocycles. The van der Waals surface area contributed by atoms with E-state index >= 15 is 0 Å². The fraction of sp³-hybridized carbons (Fsp3) is 0.722. The Morgan fingerprint density at radius 3 is 2.90 bits per heavy atom. The zero-order valence-electron chi connectivity index (χ0n) is 12.8. The maximum atomic E-state index is 12.4. The first-order chi connectivity index (χ1) is 9.73. The number of carbonyl (C=O) groups excluding carboxylic acids is 1. The zero-order valence-corrected chi connectivity index (χ0v) is 12.8. The van der Waals surface area contributed by atoms with E-state index in [0.717, 1.165) is 57.8 Å². The van der Waals surface area contributed by atoms with Crippen LogP contribution in [0, 0.1) is 17.8 Å². The van der Waals surface area contributed by atoms with E-state index < -0.39 is 5.60 Å². The normalized spacial score (nSPS) is 30.0. The summed E-state index contributed by atoms with van der Waals surface area (Å²) in [6.07, 6.45) is 11.3. The Morgan fingerprint density at radius 1 is 1.35 bits per heavy atom. The summed E-state index contributed by atoms with van der Waals surface area (Å²) in [7, 11) is 0. The third-order valence-corrected chi connectivity index (χ3v) is 4.30. The van der Waals surface area contributed by atoms with Gasteiger partial charge in [-0.3, -0.25) is 4.79 Å². The highest BCUT2D eigenvalue weighted by atomic mass is 16.5. The molecule has 0 amide bonds. The topological polar surface area (TPSA) is 26.3 Å². The molecule has 0 spiro atoms. The fourth-order valence-corrected chi connectivity index (χ4v) is 3.09. The number of unbranched alkanes of at least 4 members (excludes halogenated alkanes) is 4. The highest BCUT2D eigenvalue weighted by molar-refractivity contribution is 5.99. The molecule has 0 bridgehead atoms. The average Bonchev–Trinajstić information content (AvgIpc) is 2.95. The van der Waals surface area contributed by atoms with Crippen LogP contribution in [0.5, 0.6) is 0 Å². The first kappa shape index (κ1) is 15.2. The van der Waals surface area contributed by atoms with Crippen LogP contribution < -0.4 is 0 Å². The van der Waals surface area contributed by atoms with Crippen molar-refractivity contribution in [3.8, 4) is 11.8 Å². The van der Waals surface area contributed by atoms with Gasteiger partial charge in [-0.1, -0.05) is 38.5 Å². The number of allylic oxidation sites excluding steroid dienone is 2. The molecule has 2 nitrogen and oxygen atoms in total. The second-order valence-electron chi connectivity index (χ2n) is 5.92. The summed E-state index contributed by atoms with van der Waals surface area (Å²) >= 11 is 0. The number of ketones is 1. The standard InChI is InChI=1S/C18H26O2/c1-3-5-7-9-13-18-14-10-11-15(18)17(19)16(20-18)12-8-6-4-2/h12,15H,3-8,10-11,14H2,1-2H3/b16-12-/t15-,18-/m1/s1. The van der Waals surface area contributed by atoms with Gasteiger partial charge in [0.15, 0.2) is 11.4 Å². The van der Waals surface area contributed by atoms with Gasteiger partial charge in [0.05, 0.1) is 5.92 Å². The lowest BCUT2D eigenvalue weighted by Gasteiger charge is -2.20. The molecule has 20 heavy (non-hydrogen) atoms. The Kier molecular flexibility index (Phi) is 5.29. The van der Waals surface area contributed by atoms with Crippen LogP contribution in [0.15, 0.2) is 11.8 Å². The maximum Gasteiger partial charge on any atom is 0.205 e. The van der Waals surface area contributed by atoms with E-state index in [1.54, 1.807) is 0 Å². The van der Waals surface area contributed by atoms with Gasteiger partial charge < -0.3 is 4.74 Å². The van der Waals surface area contributed by atoms with Crippen LogP contribution in [0.3, 0.4) is 0 Å². The van der Waals surface area contributed by atoms with Gasteiger partial charge in [0.1, 0.15) is 0 Å². The third-order valence-electron chi connectivity index (χ3n) is 4.30. The van der Waals surface area contributed by atoms with Gasteiger partial charge in [0, 0.05) is 6.42 Å². The van der Waals surface area contributed by atoms with E-state index in [0.29, 0.717) is 5.76 Å². The fourth-order valence-electron chi connectivity index (χ4n) is 3.09. The molecule has 110 valence electrons. The van der Waals surface area contributed by atoms with Crippen LogP contribution >= 0.6 is 0 Å². The Balaban J connectivity index is 2.09. The van der Waals surface area contributed by atoms with E-state index in [2.05, 4.69) is 25.7 Å². The number of Topliss-reactive ketones (excluding diaryl/α,β-unsaturated/α-hetero) is 1. The molecule has 0 radical (unpaired) electrons. The Labute approximate surface area is 123 Å². The monoisotopic (exact) mass is 274 g/mol. The number of fused-ring (bicyclic) bond motifs is 1. The van der Waals surface area contributed by atoms with Crippen LogP contribution in [0.1, 0.15) is 71.6 Å². The van der Waals surface area contributed by atoms with Gasteiger partial charge in [0.25, 0.3) is 0 Å². The molecule has 1 saturated heterocycles. The van der Waals surface area contributed by atoms with Crippen molar-refractivity contribution < 1.29 is 9.53 Å². The molecule has 0 aromatic carbocycles. The summed E-state index contributed by atoms with van der Waals surface area (Å²) in [5.74, 6) is 7.33. The molecule has 2 heteroatoms. The lowest BCUT2D eigenvalue weighted by Crippen LogP contribution is -2.30. The molecule has 1 aliphatic heterocycles. The summed E-state index contributed by atoms with van der Waals surface area (Å²) in [5.41, 5.74) is -0.483. The molecule has 0 unspecified atom stereocenters. The lowest BCUT2D eigenvalue weighted by atomic mass is 9.90. The van der Waals surface area contributed by atoms with Crippen molar-refractivity contribution in [2.45, 2.75) is 77.2 Å². The maximum absolute atomic E-state index is 12.4. The second-order valence-corrected chi connectivity index (χ2v) is 5.92. The minimum atomic E-state index is -0.483. The number of hydrogen-bond donors (Lipinski definition) is 0. The Bertz CT molecular complexity index is 438. The number of rotatable bonds is 5. The van der Waals surface area contributed by atoms with E-state index in [4.69, 9.17) is 4.74 Å². The van der Waals surface area contributed by atoms with Gasteiger partial charge in [-0.15, -0.1) is 0 Å². The Morgan fingerprint density at radius 2 is 2.15 bits per heavy atom. The molecule has 2 rings (SSSR count). The van der Waals surface area contributed by atoms with Crippen molar-refractivity contribution in [1.82, 2.24) is 0 Å². The molecular weight excluding hydrogens is 248 g/mol. The third kappa shape index (κ3) is 3.08. The quantitative estimate of drug-likeness (QED) is 0.422. The summed E-state index contributed by atoms with van der Waals surface area (Å²) in [6.45, 7) is 4.33. The molecule has 1 heterocycles. The van der Waals surface area contributed by atoms with Crippen molar-refractivity contribution in [3.05, 3.63) is 11.8 Å². The van der Waals surface area contributed by atoms with Crippen LogP contribution in [-0.2, 0) is 9.53 Å². The first-order valence-electron chi connectivity index (χ1n) is 8.17. The molecular formula is C18H26O2. The molecule has 0 N–H and O–H groups in total. The zero-order chi connectivity index (χ0) is 14.4.